The molecule has 0 fully saturated rings. The summed E-state index contributed by atoms with van der Waals surface area (Å²) in [6.07, 6.45) is 21.9. The molecule has 174 valence electrons. The summed E-state index contributed by atoms with van der Waals surface area (Å²) in [6.45, 7) is 2.27. The lowest BCUT2D eigenvalue weighted by Crippen LogP contribution is -2.10. The molecule has 2 heteroatoms. The maximum absolute atomic E-state index is 12.2. The van der Waals surface area contributed by atoms with Crippen LogP contribution in [0.1, 0.15) is 96.8 Å². The van der Waals surface area contributed by atoms with Crippen LogP contribution in [-0.2, 0) is 4.79 Å². The predicted molar refractivity (Wildman–Crippen MR) is 140 cm³/mol. The molecule has 1 amide bonds. The zero-order valence-corrected chi connectivity index (χ0v) is 20.2. The Kier molecular flexibility index (Phi) is 14.0. The molecule has 0 aliphatic heterocycles. The number of carbonyl (C=O) groups excluding carboxylic acids is 1. The molecule has 2 aromatic carbocycles. The molecule has 1 N–H and O–H groups in total. The maximum Gasteiger partial charge on any atom is 0.224 e. The zero-order chi connectivity index (χ0) is 22.7. The molecule has 0 aliphatic carbocycles. The first kappa shape index (κ1) is 25.9. The SMILES string of the molecule is CCCCCCCC/C=C\CCCCCCCC(=O)Nc1ccc(-c2ccccc2)cc1. The van der Waals surface area contributed by atoms with E-state index in [1.807, 2.05) is 30.3 Å². The Balaban J connectivity index is 1.44. The average Bonchev–Trinajstić information content (AvgIpc) is 2.82. The van der Waals surface area contributed by atoms with Crippen molar-refractivity contribution in [1.82, 2.24) is 0 Å². The number of amides is 1. The van der Waals surface area contributed by atoms with Crippen LogP contribution in [0.25, 0.3) is 11.1 Å². The maximum atomic E-state index is 12.2. The Hall–Kier alpha value is -2.35. The van der Waals surface area contributed by atoms with Crippen LogP contribution in [-0.4, -0.2) is 5.91 Å². The van der Waals surface area contributed by atoms with Gasteiger partial charge in [0.15, 0.2) is 0 Å². The lowest BCUT2D eigenvalue weighted by Gasteiger charge is -2.07. The molecule has 2 rings (SSSR count). The van der Waals surface area contributed by atoms with Crippen molar-refractivity contribution < 1.29 is 4.79 Å². The molecule has 0 spiro atoms. The van der Waals surface area contributed by atoms with Crippen molar-refractivity contribution in [3.8, 4) is 11.1 Å². The van der Waals surface area contributed by atoms with Crippen molar-refractivity contribution in [2.45, 2.75) is 96.8 Å². The average molecular weight is 434 g/mol. The number of carbonyl (C=O) groups is 1. The largest absolute Gasteiger partial charge is 0.326 e. The lowest BCUT2D eigenvalue weighted by atomic mass is 10.1. The van der Waals surface area contributed by atoms with Gasteiger partial charge in [0.1, 0.15) is 0 Å². The van der Waals surface area contributed by atoms with Crippen molar-refractivity contribution in [3.63, 3.8) is 0 Å². The highest BCUT2D eigenvalue weighted by Gasteiger charge is 2.03. The van der Waals surface area contributed by atoms with E-state index in [9.17, 15) is 4.79 Å². The molecule has 0 unspecified atom stereocenters. The normalized spacial score (nSPS) is 11.2. The summed E-state index contributed by atoms with van der Waals surface area (Å²) in [4.78, 5) is 12.2. The lowest BCUT2D eigenvalue weighted by molar-refractivity contribution is -0.116. The molecular weight excluding hydrogens is 390 g/mol. The van der Waals surface area contributed by atoms with Gasteiger partial charge in [-0.15, -0.1) is 0 Å². The van der Waals surface area contributed by atoms with Gasteiger partial charge < -0.3 is 5.32 Å². The molecule has 0 aromatic heterocycles. The summed E-state index contributed by atoms with van der Waals surface area (Å²) >= 11 is 0. The fourth-order valence-electron chi connectivity index (χ4n) is 3.96. The summed E-state index contributed by atoms with van der Waals surface area (Å²) in [6, 6.07) is 18.4. The summed E-state index contributed by atoms with van der Waals surface area (Å²) in [7, 11) is 0. The molecule has 0 bridgehead atoms. The van der Waals surface area contributed by atoms with E-state index in [0.717, 1.165) is 18.5 Å². The van der Waals surface area contributed by atoms with Gasteiger partial charge in [-0.05, 0) is 55.4 Å². The molecule has 0 saturated carbocycles. The van der Waals surface area contributed by atoms with E-state index >= 15 is 0 Å². The highest BCUT2D eigenvalue weighted by Crippen LogP contribution is 2.21. The third-order valence-electron chi connectivity index (χ3n) is 5.94. The minimum absolute atomic E-state index is 0.120. The molecule has 0 heterocycles. The van der Waals surface area contributed by atoms with E-state index in [1.54, 1.807) is 0 Å². The van der Waals surface area contributed by atoms with Gasteiger partial charge in [-0.3, -0.25) is 4.79 Å². The second-order valence-corrected chi connectivity index (χ2v) is 8.83. The van der Waals surface area contributed by atoms with Crippen LogP contribution < -0.4 is 5.32 Å². The van der Waals surface area contributed by atoms with Crippen LogP contribution in [0.15, 0.2) is 66.7 Å². The van der Waals surface area contributed by atoms with Gasteiger partial charge in [-0.1, -0.05) is 113 Å². The summed E-state index contributed by atoms with van der Waals surface area (Å²) in [5, 5.41) is 3.02. The van der Waals surface area contributed by atoms with E-state index in [0.29, 0.717) is 6.42 Å². The molecule has 0 saturated heterocycles. The van der Waals surface area contributed by atoms with E-state index in [-0.39, 0.29) is 5.91 Å². The second-order valence-electron chi connectivity index (χ2n) is 8.83. The molecule has 0 atom stereocenters. The second kappa shape index (κ2) is 17.2. The van der Waals surface area contributed by atoms with E-state index < -0.39 is 0 Å². The molecule has 2 nitrogen and oxygen atoms in total. The monoisotopic (exact) mass is 433 g/mol. The number of anilines is 1. The van der Waals surface area contributed by atoms with Crippen LogP contribution in [0, 0.1) is 0 Å². The minimum Gasteiger partial charge on any atom is -0.326 e. The van der Waals surface area contributed by atoms with Crippen LogP contribution >= 0.6 is 0 Å². The Morgan fingerprint density at radius 2 is 1.19 bits per heavy atom. The van der Waals surface area contributed by atoms with Gasteiger partial charge in [0.25, 0.3) is 0 Å². The van der Waals surface area contributed by atoms with Gasteiger partial charge in [0.05, 0.1) is 0 Å². The molecular formula is C30H43NO. The Morgan fingerprint density at radius 1 is 0.656 bits per heavy atom. The Morgan fingerprint density at radius 3 is 1.81 bits per heavy atom. The third kappa shape index (κ3) is 11.9. The van der Waals surface area contributed by atoms with Crippen molar-refractivity contribution in [3.05, 3.63) is 66.7 Å². The van der Waals surface area contributed by atoms with Crippen molar-refractivity contribution >= 4 is 11.6 Å². The van der Waals surface area contributed by atoms with Crippen molar-refractivity contribution in [2.24, 2.45) is 0 Å². The van der Waals surface area contributed by atoms with Gasteiger partial charge >= 0.3 is 0 Å². The molecule has 32 heavy (non-hydrogen) atoms. The van der Waals surface area contributed by atoms with Gasteiger partial charge in [0, 0.05) is 12.1 Å². The fourth-order valence-corrected chi connectivity index (χ4v) is 3.96. The number of benzene rings is 2. The number of nitrogens with one attached hydrogen (secondary N) is 1. The summed E-state index contributed by atoms with van der Waals surface area (Å²) < 4.78 is 0. The van der Waals surface area contributed by atoms with Gasteiger partial charge in [-0.2, -0.15) is 0 Å². The fraction of sp³-hybridized carbons (Fsp3) is 0.500. The van der Waals surface area contributed by atoms with Gasteiger partial charge in [-0.25, -0.2) is 0 Å². The quantitative estimate of drug-likeness (QED) is 0.195. The summed E-state index contributed by atoms with van der Waals surface area (Å²) in [5.41, 5.74) is 3.24. The number of rotatable bonds is 17. The minimum atomic E-state index is 0.120. The highest BCUT2D eigenvalue weighted by atomic mass is 16.1. The van der Waals surface area contributed by atoms with Crippen molar-refractivity contribution in [2.75, 3.05) is 5.32 Å². The van der Waals surface area contributed by atoms with Gasteiger partial charge in [0.2, 0.25) is 5.91 Å². The Bertz CT molecular complexity index is 748. The summed E-state index contributed by atoms with van der Waals surface area (Å²) in [5.74, 6) is 0.120. The smallest absolute Gasteiger partial charge is 0.224 e. The number of hydrogen-bond donors (Lipinski definition) is 1. The molecule has 0 aliphatic rings. The van der Waals surface area contributed by atoms with E-state index in [1.165, 1.54) is 81.8 Å². The standard InChI is InChI=1S/C30H43NO/c1-2-3-4-5-6-7-8-9-10-11-12-13-14-15-19-22-30(32)31-29-25-23-28(24-26-29)27-20-17-16-18-21-27/h9-10,16-18,20-21,23-26H,2-8,11-15,19,22H2,1H3,(H,31,32)/b10-9-. The first-order valence-electron chi connectivity index (χ1n) is 12.9. The van der Waals surface area contributed by atoms with E-state index in [2.05, 4.69) is 48.7 Å². The zero-order valence-electron chi connectivity index (χ0n) is 20.2. The molecule has 2 aromatic rings. The highest BCUT2D eigenvalue weighted by molar-refractivity contribution is 5.90. The number of hydrogen-bond acceptors (Lipinski definition) is 1. The van der Waals surface area contributed by atoms with Crippen molar-refractivity contribution in [1.29, 1.82) is 0 Å². The van der Waals surface area contributed by atoms with Crippen LogP contribution in [0.4, 0.5) is 5.69 Å². The topological polar surface area (TPSA) is 29.1 Å². The van der Waals surface area contributed by atoms with E-state index in [4.69, 9.17) is 0 Å². The predicted octanol–water partition coefficient (Wildman–Crippen LogP) is 9.33. The Labute approximate surface area is 196 Å². The first-order valence-corrected chi connectivity index (χ1v) is 12.9. The molecule has 0 radical (unpaired) electrons. The third-order valence-corrected chi connectivity index (χ3v) is 5.94. The first-order chi connectivity index (χ1) is 15.8. The van der Waals surface area contributed by atoms with Crippen LogP contribution in [0.2, 0.25) is 0 Å². The van der Waals surface area contributed by atoms with Crippen LogP contribution in [0.5, 0.6) is 0 Å². The number of allylic oxidation sites excluding steroid dienone is 2. The number of unbranched alkanes of at least 4 members (excludes halogenated alkanes) is 11. The van der Waals surface area contributed by atoms with Crippen LogP contribution in [0.3, 0.4) is 0 Å².